The monoisotopic (exact) mass is 265 g/mol. The van der Waals surface area contributed by atoms with Gasteiger partial charge in [-0.25, -0.2) is 4.79 Å². The predicted molar refractivity (Wildman–Crippen MR) is 71.0 cm³/mol. The molecular formula is C13H15NO3S. The molecule has 2 N–H and O–H groups in total. The molecular weight excluding hydrogens is 250 g/mol. The molecule has 0 saturated heterocycles. The van der Waals surface area contributed by atoms with Crippen molar-refractivity contribution < 1.29 is 14.7 Å². The zero-order valence-electron chi connectivity index (χ0n) is 9.89. The van der Waals surface area contributed by atoms with E-state index in [0.29, 0.717) is 5.00 Å². The third-order valence-electron chi connectivity index (χ3n) is 2.99. The average Bonchev–Trinajstić information content (AvgIpc) is 2.64. The molecule has 1 aromatic rings. The molecule has 0 spiro atoms. The molecule has 0 saturated carbocycles. The Morgan fingerprint density at radius 1 is 1.28 bits per heavy atom. The number of carbonyl (C=O) groups is 2. The number of thiophene rings is 1. The third kappa shape index (κ3) is 3.20. The van der Waals surface area contributed by atoms with E-state index in [1.165, 1.54) is 22.8 Å². The minimum atomic E-state index is -0.967. The van der Waals surface area contributed by atoms with Crippen molar-refractivity contribution in [3.05, 3.63) is 29.2 Å². The van der Waals surface area contributed by atoms with E-state index < -0.39 is 5.97 Å². The number of anilines is 1. The molecule has 1 aromatic heterocycles. The summed E-state index contributed by atoms with van der Waals surface area (Å²) >= 11 is 1.25. The van der Waals surface area contributed by atoms with Crippen LogP contribution < -0.4 is 5.32 Å². The molecule has 0 radical (unpaired) electrons. The Morgan fingerprint density at radius 2 is 1.94 bits per heavy atom. The van der Waals surface area contributed by atoms with Crippen LogP contribution in [0.1, 0.15) is 36.0 Å². The van der Waals surface area contributed by atoms with Crippen molar-refractivity contribution in [1.82, 2.24) is 0 Å². The summed E-state index contributed by atoms with van der Waals surface area (Å²) in [6.45, 7) is 0. The lowest BCUT2D eigenvalue weighted by atomic mass is 9.99. The summed E-state index contributed by atoms with van der Waals surface area (Å²) in [4.78, 5) is 22.8. The first-order valence-corrected chi connectivity index (χ1v) is 6.82. The van der Waals surface area contributed by atoms with Crippen LogP contribution in [0.25, 0.3) is 0 Å². The van der Waals surface area contributed by atoms with Crippen LogP contribution in [0.2, 0.25) is 0 Å². The summed E-state index contributed by atoms with van der Waals surface area (Å²) in [5, 5.41) is 13.7. The van der Waals surface area contributed by atoms with Crippen LogP contribution in [0, 0.1) is 5.92 Å². The molecule has 0 aliphatic heterocycles. The molecule has 1 aliphatic rings. The fourth-order valence-electron chi connectivity index (χ4n) is 1.97. The number of carboxylic acid groups (broad SMARTS) is 1. The van der Waals surface area contributed by atoms with Gasteiger partial charge in [-0.3, -0.25) is 4.79 Å². The summed E-state index contributed by atoms with van der Waals surface area (Å²) in [7, 11) is 0. The normalized spacial score (nSPS) is 16.2. The maximum absolute atomic E-state index is 12.0. The van der Waals surface area contributed by atoms with Gasteiger partial charge >= 0.3 is 5.97 Å². The minimum absolute atomic E-state index is 0.00233. The SMILES string of the molecule is O=C(O)c1csc(NC(=O)C2CCC=CCC2)c1. The Balaban J connectivity index is 1.95. The van der Waals surface area contributed by atoms with Crippen LogP contribution in [0.4, 0.5) is 5.00 Å². The van der Waals surface area contributed by atoms with Crippen LogP contribution >= 0.6 is 11.3 Å². The Kier molecular flexibility index (Phi) is 4.15. The molecule has 96 valence electrons. The number of nitrogens with one attached hydrogen (secondary N) is 1. The van der Waals surface area contributed by atoms with Crippen LogP contribution in [0.3, 0.4) is 0 Å². The minimum Gasteiger partial charge on any atom is -0.478 e. The van der Waals surface area contributed by atoms with E-state index in [2.05, 4.69) is 17.5 Å². The summed E-state index contributed by atoms with van der Waals surface area (Å²) in [6, 6.07) is 1.50. The maximum atomic E-state index is 12.0. The van der Waals surface area contributed by atoms with E-state index in [-0.39, 0.29) is 17.4 Å². The Bertz CT molecular complexity index is 468. The smallest absolute Gasteiger partial charge is 0.336 e. The first kappa shape index (κ1) is 12.8. The molecule has 5 heteroatoms. The van der Waals surface area contributed by atoms with Gasteiger partial charge in [-0.2, -0.15) is 0 Å². The molecule has 1 aliphatic carbocycles. The summed E-state index contributed by atoms with van der Waals surface area (Å²) < 4.78 is 0. The topological polar surface area (TPSA) is 66.4 Å². The summed E-state index contributed by atoms with van der Waals surface area (Å²) in [5.74, 6) is -0.946. The van der Waals surface area contributed by atoms with E-state index in [0.717, 1.165) is 25.7 Å². The van der Waals surface area contributed by atoms with Crippen LogP contribution in [-0.4, -0.2) is 17.0 Å². The lowest BCUT2D eigenvalue weighted by molar-refractivity contribution is -0.120. The highest BCUT2D eigenvalue weighted by molar-refractivity contribution is 7.14. The van der Waals surface area contributed by atoms with Crippen molar-refractivity contribution >= 4 is 28.2 Å². The van der Waals surface area contributed by atoms with E-state index in [4.69, 9.17) is 5.11 Å². The first-order valence-electron chi connectivity index (χ1n) is 5.94. The molecule has 18 heavy (non-hydrogen) atoms. The number of hydrogen-bond donors (Lipinski definition) is 2. The van der Waals surface area contributed by atoms with Gasteiger partial charge < -0.3 is 10.4 Å². The van der Waals surface area contributed by atoms with Crippen LogP contribution in [0.15, 0.2) is 23.6 Å². The van der Waals surface area contributed by atoms with Gasteiger partial charge in [0.1, 0.15) is 0 Å². The molecule has 0 atom stereocenters. The standard InChI is InChI=1S/C13H15NO3S/c15-12(9-5-3-1-2-4-6-9)14-11-7-10(8-18-11)13(16)17/h1-2,7-9H,3-6H2,(H,14,15)(H,16,17). The second kappa shape index (κ2) is 5.82. The van der Waals surface area contributed by atoms with Gasteiger partial charge in [0.15, 0.2) is 0 Å². The van der Waals surface area contributed by atoms with Crippen molar-refractivity contribution in [2.45, 2.75) is 25.7 Å². The highest BCUT2D eigenvalue weighted by atomic mass is 32.1. The number of amides is 1. The fourth-order valence-corrected chi connectivity index (χ4v) is 2.75. The van der Waals surface area contributed by atoms with Crippen molar-refractivity contribution in [3.63, 3.8) is 0 Å². The number of aromatic carboxylic acids is 1. The van der Waals surface area contributed by atoms with Gasteiger partial charge in [-0.1, -0.05) is 12.2 Å². The van der Waals surface area contributed by atoms with Gasteiger partial charge in [0, 0.05) is 11.3 Å². The first-order chi connectivity index (χ1) is 8.66. The number of carbonyl (C=O) groups excluding carboxylic acids is 1. The van der Waals surface area contributed by atoms with Gasteiger partial charge in [0.25, 0.3) is 0 Å². The molecule has 4 nitrogen and oxygen atoms in total. The van der Waals surface area contributed by atoms with Crippen molar-refractivity contribution in [2.24, 2.45) is 5.92 Å². The molecule has 0 aromatic carbocycles. The second-order valence-corrected chi connectivity index (χ2v) is 5.23. The zero-order chi connectivity index (χ0) is 13.0. The van der Waals surface area contributed by atoms with E-state index in [1.807, 2.05) is 0 Å². The zero-order valence-corrected chi connectivity index (χ0v) is 10.7. The van der Waals surface area contributed by atoms with Crippen LogP contribution in [-0.2, 0) is 4.79 Å². The number of hydrogen-bond acceptors (Lipinski definition) is 3. The fraction of sp³-hybridized carbons (Fsp3) is 0.385. The highest BCUT2D eigenvalue weighted by Gasteiger charge is 2.19. The van der Waals surface area contributed by atoms with Crippen molar-refractivity contribution in [1.29, 1.82) is 0 Å². The summed E-state index contributed by atoms with van der Waals surface area (Å²) in [6.07, 6.45) is 7.81. The predicted octanol–water partition coefficient (Wildman–Crippen LogP) is 3.13. The molecule has 1 amide bonds. The largest absolute Gasteiger partial charge is 0.478 e. The van der Waals surface area contributed by atoms with Gasteiger partial charge in [0.05, 0.1) is 10.6 Å². The molecule has 2 rings (SSSR count). The van der Waals surface area contributed by atoms with Gasteiger partial charge in [0.2, 0.25) is 5.91 Å². The molecule has 0 bridgehead atoms. The number of carboxylic acids is 1. The Morgan fingerprint density at radius 3 is 2.50 bits per heavy atom. The maximum Gasteiger partial charge on any atom is 0.336 e. The molecule has 1 heterocycles. The number of rotatable bonds is 3. The third-order valence-corrected chi connectivity index (χ3v) is 3.84. The highest BCUT2D eigenvalue weighted by Crippen LogP contribution is 2.24. The quantitative estimate of drug-likeness (QED) is 0.825. The Labute approximate surface area is 109 Å². The molecule has 0 fully saturated rings. The van der Waals surface area contributed by atoms with Crippen molar-refractivity contribution in [2.75, 3.05) is 5.32 Å². The van der Waals surface area contributed by atoms with E-state index in [9.17, 15) is 9.59 Å². The Hall–Kier alpha value is -1.62. The van der Waals surface area contributed by atoms with Gasteiger partial charge in [-0.05, 0) is 31.7 Å². The molecule has 0 unspecified atom stereocenters. The summed E-state index contributed by atoms with van der Waals surface area (Å²) in [5.41, 5.74) is 0.220. The lowest BCUT2D eigenvalue weighted by Crippen LogP contribution is -2.21. The lowest BCUT2D eigenvalue weighted by Gasteiger charge is -2.12. The number of allylic oxidation sites excluding steroid dienone is 2. The second-order valence-electron chi connectivity index (χ2n) is 4.32. The van der Waals surface area contributed by atoms with E-state index >= 15 is 0 Å². The average molecular weight is 265 g/mol. The van der Waals surface area contributed by atoms with Crippen LogP contribution in [0.5, 0.6) is 0 Å². The van der Waals surface area contributed by atoms with Crippen molar-refractivity contribution in [3.8, 4) is 0 Å². The van der Waals surface area contributed by atoms with E-state index in [1.54, 1.807) is 0 Å². The van der Waals surface area contributed by atoms with Gasteiger partial charge in [-0.15, -0.1) is 11.3 Å².